The van der Waals surface area contributed by atoms with Gasteiger partial charge in [0.25, 0.3) is 11.5 Å². The van der Waals surface area contributed by atoms with Gasteiger partial charge in [-0.3, -0.25) is 14.5 Å². The number of carbonyl (C=O) groups excluding carboxylic acids is 1. The van der Waals surface area contributed by atoms with Crippen LogP contribution in [0.15, 0.2) is 27.8 Å². The SMILES string of the molecule is O=C(c1cnon1)N1C[C@@H]2C[C@H](C1)c1ccc(CN3C[C@H]4CC[C@@H](C3)O4)c(=O)n1C2. The zero-order valence-corrected chi connectivity index (χ0v) is 16.8. The molecule has 1 amide bonds. The molecule has 4 bridgehead atoms. The second-order valence-corrected chi connectivity index (χ2v) is 9.15. The Labute approximate surface area is 173 Å². The molecule has 6 rings (SSSR count). The fourth-order valence-corrected chi connectivity index (χ4v) is 5.77. The second-order valence-electron chi connectivity index (χ2n) is 9.15. The molecule has 4 aliphatic rings. The fourth-order valence-electron chi connectivity index (χ4n) is 5.77. The highest BCUT2D eigenvalue weighted by atomic mass is 16.6. The molecule has 0 radical (unpaired) electrons. The summed E-state index contributed by atoms with van der Waals surface area (Å²) in [6, 6.07) is 4.09. The third-order valence-corrected chi connectivity index (χ3v) is 7.06. The predicted octanol–water partition coefficient (Wildman–Crippen LogP) is 0.854. The number of aromatic nitrogens is 3. The minimum absolute atomic E-state index is 0.126. The van der Waals surface area contributed by atoms with Gasteiger partial charge >= 0.3 is 0 Å². The number of rotatable bonds is 3. The van der Waals surface area contributed by atoms with E-state index < -0.39 is 0 Å². The van der Waals surface area contributed by atoms with Crippen LogP contribution >= 0.6 is 0 Å². The van der Waals surface area contributed by atoms with Crippen LogP contribution < -0.4 is 5.56 Å². The molecule has 4 aliphatic heterocycles. The van der Waals surface area contributed by atoms with E-state index in [2.05, 4.69) is 25.9 Å². The van der Waals surface area contributed by atoms with Crippen molar-refractivity contribution in [2.24, 2.45) is 5.92 Å². The summed E-state index contributed by atoms with van der Waals surface area (Å²) in [4.78, 5) is 30.2. The highest BCUT2D eigenvalue weighted by Gasteiger charge is 2.38. The van der Waals surface area contributed by atoms with E-state index >= 15 is 0 Å². The van der Waals surface area contributed by atoms with Crippen LogP contribution in [-0.4, -0.2) is 69.0 Å². The monoisotopic (exact) mass is 411 g/mol. The Morgan fingerprint density at radius 3 is 2.70 bits per heavy atom. The Balaban J connectivity index is 1.23. The molecule has 0 unspecified atom stereocenters. The summed E-state index contributed by atoms with van der Waals surface area (Å²) >= 11 is 0. The first-order valence-electron chi connectivity index (χ1n) is 10.8. The molecule has 9 nitrogen and oxygen atoms in total. The number of carbonyl (C=O) groups is 1. The lowest BCUT2D eigenvalue weighted by Gasteiger charge is -2.42. The number of likely N-dealkylation sites (tertiary alicyclic amines) is 2. The number of piperidine rings is 1. The van der Waals surface area contributed by atoms with Crippen molar-refractivity contribution in [3.05, 3.63) is 45.6 Å². The van der Waals surface area contributed by atoms with Gasteiger partial charge in [-0.05, 0) is 36.4 Å². The molecule has 2 aromatic heterocycles. The number of hydrogen-bond donors (Lipinski definition) is 0. The number of ether oxygens (including phenoxy) is 1. The van der Waals surface area contributed by atoms with E-state index in [0.29, 0.717) is 38.4 Å². The van der Waals surface area contributed by atoms with Crippen LogP contribution in [0.2, 0.25) is 0 Å². The topological polar surface area (TPSA) is 93.7 Å². The molecular formula is C21H25N5O4. The molecule has 4 atom stereocenters. The third kappa shape index (κ3) is 3.07. The molecular weight excluding hydrogens is 386 g/mol. The first-order chi connectivity index (χ1) is 14.6. The van der Waals surface area contributed by atoms with Crippen molar-refractivity contribution in [2.75, 3.05) is 26.2 Å². The van der Waals surface area contributed by atoms with Gasteiger partial charge in [0.2, 0.25) is 0 Å². The first-order valence-corrected chi connectivity index (χ1v) is 10.8. The minimum Gasteiger partial charge on any atom is -0.372 e. The number of nitrogens with zero attached hydrogens (tertiary/aromatic N) is 5. The highest BCUT2D eigenvalue weighted by molar-refractivity contribution is 5.91. The molecule has 3 saturated heterocycles. The van der Waals surface area contributed by atoms with Crippen LogP contribution in [0.4, 0.5) is 0 Å². The zero-order chi connectivity index (χ0) is 20.2. The second kappa shape index (κ2) is 7.02. The van der Waals surface area contributed by atoms with E-state index in [1.807, 2.05) is 15.5 Å². The average Bonchev–Trinajstić information content (AvgIpc) is 3.40. The molecule has 30 heavy (non-hydrogen) atoms. The Morgan fingerprint density at radius 1 is 1.10 bits per heavy atom. The van der Waals surface area contributed by atoms with Crippen LogP contribution in [0, 0.1) is 5.92 Å². The first kappa shape index (κ1) is 18.3. The van der Waals surface area contributed by atoms with Gasteiger partial charge in [0.05, 0.1) is 12.2 Å². The van der Waals surface area contributed by atoms with Crippen molar-refractivity contribution in [1.82, 2.24) is 24.7 Å². The summed E-state index contributed by atoms with van der Waals surface area (Å²) in [6.45, 7) is 4.40. The van der Waals surface area contributed by atoms with Gasteiger partial charge in [0.15, 0.2) is 5.69 Å². The molecule has 158 valence electrons. The van der Waals surface area contributed by atoms with Crippen LogP contribution in [0.5, 0.6) is 0 Å². The maximum absolute atomic E-state index is 13.3. The Bertz CT molecular complexity index is 1010. The van der Waals surface area contributed by atoms with E-state index in [4.69, 9.17) is 4.74 Å². The van der Waals surface area contributed by atoms with E-state index in [9.17, 15) is 9.59 Å². The normalized spacial score (nSPS) is 30.3. The van der Waals surface area contributed by atoms with E-state index in [1.54, 1.807) is 0 Å². The number of amides is 1. The molecule has 3 fully saturated rings. The quantitative estimate of drug-likeness (QED) is 0.739. The van der Waals surface area contributed by atoms with Crippen molar-refractivity contribution in [2.45, 2.75) is 50.5 Å². The molecule has 0 aromatic carbocycles. The zero-order valence-electron chi connectivity index (χ0n) is 16.8. The number of morpholine rings is 1. The van der Waals surface area contributed by atoms with Gasteiger partial charge in [-0.15, -0.1) is 0 Å². The summed E-state index contributed by atoms with van der Waals surface area (Å²) in [6.07, 6.45) is 5.28. The minimum atomic E-state index is -0.152. The molecule has 9 heteroatoms. The number of fused-ring (bicyclic) bond motifs is 6. The molecule has 0 N–H and O–H groups in total. The van der Waals surface area contributed by atoms with Gasteiger partial charge in [0.1, 0.15) is 6.20 Å². The standard InChI is InChI=1S/C21H25N5O4/c27-20-14(9-24-11-16-2-3-17(12-24)29-16)1-4-19-15-5-13(8-26(19)20)7-25(10-15)21(28)18-6-22-30-23-18/h1,4,6,13,15-17H,2-3,5,7-12H2/t13-,15+,16-,17+/m0/s1. The van der Waals surface area contributed by atoms with Crippen molar-refractivity contribution >= 4 is 5.91 Å². The largest absolute Gasteiger partial charge is 0.372 e. The fraction of sp³-hybridized carbons (Fsp3) is 0.619. The van der Waals surface area contributed by atoms with Crippen LogP contribution in [-0.2, 0) is 17.8 Å². The lowest BCUT2D eigenvalue weighted by molar-refractivity contribution is -0.0412. The molecule has 0 aliphatic carbocycles. The maximum atomic E-state index is 13.3. The van der Waals surface area contributed by atoms with E-state index in [-0.39, 0.29) is 29.0 Å². The van der Waals surface area contributed by atoms with Gasteiger partial charge in [-0.2, -0.15) is 0 Å². The van der Waals surface area contributed by atoms with Gasteiger partial charge in [-0.25, -0.2) is 4.63 Å². The van der Waals surface area contributed by atoms with Gasteiger partial charge in [-0.1, -0.05) is 11.2 Å². The van der Waals surface area contributed by atoms with Crippen LogP contribution in [0.1, 0.15) is 46.9 Å². The van der Waals surface area contributed by atoms with Crippen LogP contribution in [0.25, 0.3) is 0 Å². The van der Waals surface area contributed by atoms with Crippen molar-refractivity contribution < 1.29 is 14.2 Å². The predicted molar refractivity (Wildman–Crippen MR) is 105 cm³/mol. The number of pyridine rings is 1. The Kier molecular flexibility index (Phi) is 4.28. The smallest absolute Gasteiger partial charge is 0.277 e. The van der Waals surface area contributed by atoms with Gasteiger partial charge < -0.3 is 14.2 Å². The molecule has 6 heterocycles. The maximum Gasteiger partial charge on any atom is 0.277 e. The number of hydrogen-bond acceptors (Lipinski definition) is 7. The summed E-state index contributed by atoms with van der Waals surface area (Å²) in [5.41, 5.74) is 2.27. The summed E-state index contributed by atoms with van der Waals surface area (Å²) < 4.78 is 12.5. The third-order valence-electron chi connectivity index (χ3n) is 7.06. The van der Waals surface area contributed by atoms with Crippen LogP contribution in [0.3, 0.4) is 0 Å². The van der Waals surface area contributed by atoms with E-state index in [0.717, 1.165) is 43.6 Å². The average molecular weight is 411 g/mol. The summed E-state index contributed by atoms with van der Waals surface area (Å²) in [5, 5.41) is 7.22. The lowest BCUT2D eigenvalue weighted by atomic mass is 9.83. The lowest BCUT2D eigenvalue weighted by Crippen LogP contribution is -2.50. The van der Waals surface area contributed by atoms with E-state index in [1.165, 1.54) is 6.20 Å². The summed E-state index contributed by atoms with van der Waals surface area (Å²) in [7, 11) is 0. The van der Waals surface area contributed by atoms with Gasteiger partial charge in [0, 0.05) is 56.4 Å². The molecule has 0 saturated carbocycles. The van der Waals surface area contributed by atoms with Crippen molar-refractivity contribution in [3.63, 3.8) is 0 Å². The Morgan fingerprint density at radius 2 is 1.93 bits per heavy atom. The van der Waals surface area contributed by atoms with Crippen molar-refractivity contribution in [1.29, 1.82) is 0 Å². The summed E-state index contributed by atoms with van der Waals surface area (Å²) in [5.74, 6) is 0.287. The highest BCUT2D eigenvalue weighted by Crippen LogP contribution is 2.36. The Hall–Kier alpha value is -2.52. The van der Waals surface area contributed by atoms with Crippen molar-refractivity contribution in [3.8, 4) is 0 Å². The molecule has 2 aromatic rings. The molecule has 0 spiro atoms.